The van der Waals surface area contributed by atoms with Crippen LogP contribution in [0, 0.1) is 12.3 Å². The molecule has 0 aliphatic heterocycles. The number of nitrogens with zero attached hydrogens (tertiary/aromatic N) is 3. The number of halogens is 1. The van der Waals surface area contributed by atoms with Gasteiger partial charge < -0.3 is 5.32 Å². The van der Waals surface area contributed by atoms with E-state index in [-0.39, 0.29) is 18.1 Å². The van der Waals surface area contributed by atoms with Gasteiger partial charge in [-0.05, 0) is 22.4 Å². The molecule has 0 bridgehead atoms. The number of anilines is 1. The molecule has 0 amide bonds. The van der Waals surface area contributed by atoms with E-state index in [4.69, 9.17) is 6.42 Å². The van der Waals surface area contributed by atoms with Crippen molar-refractivity contribution in [3.8, 4) is 12.3 Å². The second-order valence-electron chi connectivity index (χ2n) is 4.01. The van der Waals surface area contributed by atoms with Crippen molar-refractivity contribution in [1.29, 1.82) is 0 Å². The molecule has 0 aliphatic carbocycles. The Balaban J connectivity index is 2.28. The molecule has 2 aromatic rings. The Morgan fingerprint density at radius 3 is 3.05 bits per heavy atom. The molecule has 0 radical (unpaired) electrons. The van der Waals surface area contributed by atoms with Crippen LogP contribution >= 0.6 is 27.3 Å². The zero-order valence-electron chi connectivity index (χ0n) is 10.8. The van der Waals surface area contributed by atoms with Crippen LogP contribution in [0.25, 0.3) is 0 Å². The maximum atomic E-state index is 12.0. The number of hydrogen-bond acceptors (Lipinski definition) is 5. The third-order valence-corrected chi connectivity index (χ3v) is 4.37. The number of nitrogens with one attached hydrogen (secondary N) is 1. The van der Waals surface area contributed by atoms with Crippen LogP contribution in [0.15, 0.2) is 27.0 Å². The van der Waals surface area contributed by atoms with E-state index in [0.29, 0.717) is 10.2 Å². The molecule has 2 heterocycles. The SMILES string of the molecule is C#CCn1ncc(NC(CC)c2nccs2)c(Br)c1=O. The van der Waals surface area contributed by atoms with Gasteiger partial charge in [0, 0.05) is 11.6 Å². The van der Waals surface area contributed by atoms with Gasteiger partial charge in [0.2, 0.25) is 0 Å². The summed E-state index contributed by atoms with van der Waals surface area (Å²) in [6.07, 6.45) is 9.41. The minimum Gasteiger partial charge on any atom is -0.373 e. The van der Waals surface area contributed by atoms with E-state index >= 15 is 0 Å². The molecule has 0 aliphatic rings. The predicted octanol–water partition coefficient (Wildman–Crippen LogP) is 2.66. The lowest BCUT2D eigenvalue weighted by Crippen LogP contribution is -2.24. The number of rotatable bonds is 5. The fraction of sp³-hybridized carbons (Fsp3) is 0.308. The molecular formula is C13H13BrN4OS. The molecule has 1 N–H and O–H groups in total. The zero-order chi connectivity index (χ0) is 14.5. The quantitative estimate of drug-likeness (QED) is 0.840. The number of thiazole rings is 1. The van der Waals surface area contributed by atoms with E-state index in [1.165, 1.54) is 4.68 Å². The Hall–Kier alpha value is -1.65. The molecule has 0 fully saturated rings. The van der Waals surface area contributed by atoms with E-state index < -0.39 is 0 Å². The Morgan fingerprint density at radius 1 is 1.65 bits per heavy atom. The second kappa shape index (κ2) is 6.68. The fourth-order valence-electron chi connectivity index (χ4n) is 1.70. The van der Waals surface area contributed by atoms with Crippen molar-refractivity contribution < 1.29 is 0 Å². The Kier molecular flexibility index (Phi) is 4.93. The first-order chi connectivity index (χ1) is 9.67. The molecule has 1 unspecified atom stereocenters. The predicted molar refractivity (Wildman–Crippen MR) is 83.8 cm³/mol. The first kappa shape index (κ1) is 14.8. The van der Waals surface area contributed by atoms with Crippen LogP contribution in [0.2, 0.25) is 0 Å². The standard InChI is InChI=1S/C13H13BrN4OS/c1-3-6-18-13(19)11(14)10(8-16-18)17-9(4-2)12-15-5-7-20-12/h1,5,7-9,17H,4,6H2,2H3. The maximum absolute atomic E-state index is 12.0. The van der Waals surface area contributed by atoms with Crippen molar-refractivity contribution in [1.82, 2.24) is 14.8 Å². The van der Waals surface area contributed by atoms with Gasteiger partial charge in [0.25, 0.3) is 5.56 Å². The van der Waals surface area contributed by atoms with E-state index in [1.807, 2.05) is 5.38 Å². The van der Waals surface area contributed by atoms with Gasteiger partial charge in [-0.25, -0.2) is 9.67 Å². The van der Waals surface area contributed by atoms with Gasteiger partial charge in [0.1, 0.15) is 16.0 Å². The molecule has 0 spiro atoms. The van der Waals surface area contributed by atoms with Crippen LogP contribution in [0.5, 0.6) is 0 Å². The molecule has 5 nitrogen and oxygen atoms in total. The highest BCUT2D eigenvalue weighted by Crippen LogP contribution is 2.26. The van der Waals surface area contributed by atoms with Gasteiger partial charge in [0.05, 0.1) is 17.9 Å². The lowest BCUT2D eigenvalue weighted by atomic mass is 10.2. The summed E-state index contributed by atoms with van der Waals surface area (Å²) in [6.45, 7) is 2.21. The summed E-state index contributed by atoms with van der Waals surface area (Å²) in [6, 6.07) is 0.0518. The van der Waals surface area contributed by atoms with Crippen LogP contribution in [0.3, 0.4) is 0 Å². The van der Waals surface area contributed by atoms with Crippen LogP contribution in [-0.2, 0) is 6.54 Å². The van der Waals surface area contributed by atoms with Crippen LogP contribution in [0.1, 0.15) is 24.4 Å². The fourth-order valence-corrected chi connectivity index (χ4v) is 2.89. The Morgan fingerprint density at radius 2 is 2.45 bits per heavy atom. The topological polar surface area (TPSA) is 59.8 Å². The summed E-state index contributed by atoms with van der Waals surface area (Å²) in [5.41, 5.74) is 0.396. The summed E-state index contributed by atoms with van der Waals surface area (Å²) in [4.78, 5) is 16.3. The van der Waals surface area contributed by atoms with E-state index in [9.17, 15) is 4.79 Å². The van der Waals surface area contributed by atoms with Crippen molar-refractivity contribution >= 4 is 33.0 Å². The largest absolute Gasteiger partial charge is 0.373 e. The zero-order valence-corrected chi connectivity index (χ0v) is 13.2. The molecule has 0 saturated heterocycles. The van der Waals surface area contributed by atoms with Gasteiger partial charge >= 0.3 is 0 Å². The first-order valence-electron chi connectivity index (χ1n) is 6.02. The van der Waals surface area contributed by atoms with Crippen molar-refractivity contribution in [2.75, 3.05) is 5.32 Å². The highest BCUT2D eigenvalue weighted by molar-refractivity contribution is 9.10. The van der Waals surface area contributed by atoms with Gasteiger partial charge in [-0.3, -0.25) is 4.79 Å². The van der Waals surface area contributed by atoms with E-state index in [1.54, 1.807) is 23.7 Å². The van der Waals surface area contributed by atoms with E-state index in [2.05, 4.69) is 44.2 Å². The maximum Gasteiger partial charge on any atom is 0.284 e. The number of hydrogen-bond donors (Lipinski definition) is 1. The summed E-state index contributed by atoms with van der Waals surface area (Å²) in [5, 5.41) is 10.2. The Bertz CT molecular complexity index is 675. The first-order valence-corrected chi connectivity index (χ1v) is 7.69. The van der Waals surface area contributed by atoms with Gasteiger partial charge in [-0.1, -0.05) is 12.8 Å². The third kappa shape index (κ3) is 3.08. The smallest absolute Gasteiger partial charge is 0.284 e. The number of terminal acetylenes is 1. The highest BCUT2D eigenvalue weighted by atomic mass is 79.9. The number of aromatic nitrogens is 3. The molecule has 2 aromatic heterocycles. The molecule has 1 atom stereocenters. The van der Waals surface area contributed by atoms with Crippen molar-refractivity contribution in [2.24, 2.45) is 0 Å². The van der Waals surface area contributed by atoms with Crippen LogP contribution in [-0.4, -0.2) is 14.8 Å². The van der Waals surface area contributed by atoms with Crippen molar-refractivity contribution in [3.63, 3.8) is 0 Å². The third-order valence-electron chi connectivity index (χ3n) is 2.71. The second-order valence-corrected chi connectivity index (χ2v) is 5.73. The van der Waals surface area contributed by atoms with E-state index in [0.717, 1.165) is 11.4 Å². The molecule has 2 rings (SSSR count). The molecule has 104 valence electrons. The summed E-state index contributed by atoms with van der Waals surface area (Å²) in [5.74, 6) is 2.40. The summed E-state index contributed by atoms with van der Waals surface area (Å²) >= 11 is 4.88. The van der Waals surface area contributed by atoms with Crippen molar-refractivity contribution in [3.05, 3.63) is 37.6 Å². The summed E-state index contributed by atoms with van der Waals surface area (Å²) < 4.78 is 1.66. The minimum atomic E-state index is -0.248. The molecule has 0 aromatic carbocycles. The minimum absolute atomic E-state index is 0.0518. The molecular weight excluding hydrogens is 340 g/mol. The summed E-state index contributed by atoms with van der Waals surface area (Å²) in [7, 11) is 0. The lowest BCUT2D eigenvalue weighted by Gasteiger charge is -2.16. The van der Waals surface area contributed by atoms with Crippen LogP contribution in [0.4, 0.5) is 5.69 Å². The van der Waals surface area contributed by atoms with Crippen molar-refractivity contribution in [2.45, 2.75) is 25.9 Å². The monoisotopic (exact) mass is 352 g/mol. The lowest BCUT2D eigenvalue weighted by molar-refractivity contribution is 0.656. The Labute approximate surface area is 129 Å². The average Bonchev–Trinajstić information content (AvgIpc) is 2.97. The van der Waals surface area contributed by atoms with Gasteiger partial charge in [-0.15, -0.1) is 17.8 Å². The van der Waals surface area contributed by atoms with Crippen LogP contribution < -0.4 is 10.9 Å². The van der Waals surface area contributed by atoms with Gasteiger partial charge in [0.15, 0.2) is 0 Å². The molecule has 0 saturated carbocycles. The normalized spacial score (nSPS) is 11.8. The average molecular weight is 353 g/mol. The van der Waals surface area contributed by atoms with Gasteiger partial charge in [-0.2, -0.15) is 5.10 Å². The molecule has 7 heteroatoms. The molecule has 20 heavy (non-hydrogen) atoms. The highest BCUT2D eigenvalue weighted by Gasteiger charge is 2.15.